The summed E-state index contributed by atoms with van der Waals surface area (Å²) < 4.78 is 0. The van der Waals surface area contributed by atoms with Gasteiger partial charge in [-0.15, -0.1) is 0 Å². The van der Waals surface area contributed by atoms with Crippen LogP contribution in [0.15, 0.2) is 24.3 Å². The molecule has 0 radical (unpaired) electrons. The molecule has 5 nitrogen and oxygen atoms in total. The Hall–Kier alpha value is -1.88. The van der Waals surface area contributed by atoms with E-state index in [0.717, 1.165) is 50.0 Å². The van der Waals surface area contributed by atoms with E-state index < -0.39 is 12.0 Å². The first kappa shape index (κ1) is 16.0. The maximum Gasteiger partial charge on any atom is 0.320 e. The van der Waals surface area contributed by atoms with Gasteiger partial charge in [-0.1, -0.05) is 12.1 Å². The van der Waals surface area contributed by atoms with E-state index in [2.05, 4.69) is 0 Å². The fraction of sp³-hybridized carbons (Fsp3) is 0.556. The number of rotatable bonds is 4. The van der Waals surface area contributed by atoms with Gasteiger partial charge >= 0.3 is 5.97 Å². The monoisotopic (exact) mass is 316 g/mol. The van der Waals surface area contributed by atoms with Gasteiger partial charge in [0, 0.05) is 25.2 Å². The van der Waals surface area contributed by atoms with E-state index in [9.17, 15) is 14.7 Å². The zero-order valence-corrected chi connectivity index (χ0v) is 13.4. The van der Waals surface area contributed by atoms with Crippen LogP contribution in [0.5, 0.6) is 0 Å². The van der Waals surface area contributed by atoms with E-state index >= 15 is 0 Å². The van der Waals surface area contributed by atoms with E-state index in [-0.39, 0.29) is 5.91 Å². The highest BCUT2D eigenvalue weighted by Crippen LogP contribution is 2.21. The highest BCUT2D eigenvalue weighted by Gasteiger charge is 2.30. The molecule has 1 amide bonds. The quantitative estimate of drug-likeness (QED) is 0.926. The van der Waals surface area contributed by atoms with E-state index in [1.54, 1.807) is 0 Å². The molecule has 2 saturated heterocycles. The first-order valence-electron chi connectivity index (χ1n) is 8.50. The summed E-state index contributed by atoms with van der Waals surface area (Å²) in [5, 5.41) is 9.27. The summed E-state index contributed by atoms with van der Waals surface area (Å²) in [5.74, 6) is -0.647. The fourth-order valence-corrected chi connectivity index (χ4v) is 3.61. The molecule has 124 valence electrons. The number of benzene rings is 1. The van der Waals surface area contributed by atoms with Crippen LogP contribution in [-0.4, -0.2) is 52.5 Å². The minimum absolute atomic E-state index is 0.0998. The van der Waals surface area contributed by atoms with Gasteiger partial charge in [0.25, 0.3) is 5.91 Å². The molecule has 23 heavy (non-hydrogen) atoms. The third-order valence-electron chi connectivity index (χ3n) is 4.85. The molecule has 2 heterocycles. The zero-order chi connectivity index (χ0) is 16.2. The summed E-state index contributed by atoms with van der Waals surface area (Å²) in [6.45, 7) is 3.09. The molecule has 2 aliphatic heterocycles. The molecule has 5 heteroatoms. The number of aliphatic carboxylic acids is 1. The average molecular weight is 316 g/mol. The fourth-order valence-electron chi connectivity index (χ4n) is 3.61. The van der Waals surface area contributed by atoms with Crippen molar-refractivity contribution in [3.05, 3.63) is 35.4 Å². The van der Waals surface area contributed by atoms with Gasteiger partial charge in [-0.05, 0) is 56.3 Å². The Morgan fingerprint density at radius 1 is 1.09 bits per heavy atom. The molecular formula is C18H24N2O3. The number of piperidine rings is 1. The summed E-state index contributed by atoms with van der Waals surface area (Å²) in [5.41, 5.74) is 1.73. The number of carboxylic acids is 1. The van der Waals surface area contributed by atoms with Crippen LogP contribution in [0.4, 0.5) is 0 Å². The van der Waals surface area contributed by atoms with Crippen LogP contribution in [-0.2, 0) is 11.3 Å². The Balaban J connectivity index is 1.69. The minimum Gasteiger partial charge on any atom is -0.480 e. The maximum atomic E-state index is 12.6. The summed E-state index contributed by atoms with van der Waals surface area (Å²) in [4.78, 5) is 27.8. The van der Waals surface area contributed by atoms with Gasteiger partial charge < -0.3 is 10.0 Å². The topological polar surface area (TPSA) is 60.9 Å². The Morgan fingerprint density at radius 3 is 2.61 bits per heavy atom. The lowest BCUT2D eigenvalue weighted by molar-refractivity contribution is -0.142. The van der Waals surface area contributed by atoms with Gasteiger partial charge in [-0.25, -0.2) is 0 Å². The van der Waals surface area contributed by atoms with Crippen LogP contribution in [0.3, 0.4) is 0 Å². The van der Waals surface area contributed by atoms with E-state index in [0.29, 0.717) is 13.0 Å². The summed E-state index contributed by atoms with van der Waals surface area (Å²) >= 11 is 0. The van der Waals surface area contributed by atoms with Gasteiger partial charge in [0.15, 0.2) is 0 Å². The van der Waals surface area contributed by atoms with Gasteiger partial charge in [0.1, 0.15) is 6.04 Å². The van der Waals surface area contributed by atoms with Gasteiger partial charge in [0.2, 0.25) is 0 Å². The van der Waals surface area contributed by atoms with Crippen LogP contribution in [0, 0.1) is 0 Å². The van der Waals surface area contributed by atoms with E-state index in [1.165, 1.54) is 6.42 Å². The number of amides is 1. The van der Waals surface area contributed by atoms with Crippen LogP contribution in [0.25, 0.3) is 0 Å². The SMILES string of the molecule is O=C(O)[C@@H]1CCCN1Cc1cccc(C(=O)N2CCCCC2)c1. The van der Waals surface area contributed by atoms with Crippen LogP contribution < -0.4 is 0 Å². The molecule has 3 rings (SSSR count). The highest BCUT2D eigenvalue weighted by molar-refractivity contribution is 5.94. The molecule has 0 bridgehead atoms. The number of likely N-dealkylation sites (tertiary alicyclic amines) is 2. The van der Waals surface area contributed by atoms with Crippen LogP contribution in [0.1, 0.15) is 48.0 Å². The predicted octanol–water partition coefficient (Wildman–Crippen LogP) is 2.36. The van der Waals surface area contributed by atoms with E-state index in [1.807, 2.05) is 34.1 Å². The van der Waals surface area contributed by atoms with Crippen molar-refractivity contribution in [1.29, 1.82) is 0 Å². The van der Waals surface area contributed by atoms with Crippen molar-refractivity contribution in [3.63, 3.8) is 0 Å². The summed E-state index contributed by atoms with van der Waals surface area (Å²) in [6.07, 6.45) is 5.00. The molecular weight excluding hydrogens is 292 g/mol. The molecule has 2 fully saturated rings. The Kier molecular flexibility index (Phi) is 4.96. The minimum atomic E-state index is -0.747. The zero-order valence-electron chi connectivity index (χ0n) is 13.4. The summed E-state index contributed by atoms with van der Waals surface area (Å²) in [6, 6.07) is 7.27. The molecule has 2 aliphatic rings. The van der Waals surface area contributed by atoms with Crippen molar-refractivity contribution >= 4 is 11.9 Å². The molecule has 1 aromatic carbocycles. The third-order valence-corrected chi connectivity index (χ3v) is 4.85. The lowest BCUT2D eigenvalue weighted by atomic mass is 10.1. The second kappa shape index (κ2) is 7.13. The number of hydrogen-bond acceptors (Lipinski definition) is 3. The smallest absolute Gasteiger partial charge is 0.320 e. The van der Waals surface area contributed by atoms with Crippen LogP contribution >= 0.6 is 0 Å². The second-order valence-corrected chi connectivity index (χ2v) is 6.52. The Labute approximate surface area is 136 Å². The Bertz CT molecular complexity index is 581. The number of nitrogens with zero attached hydrogens (tertiary/aromatic N) is 2. The maximum absolute atomic E-state index is 12.6. The van der Waals surface area contributed by atoms with Crippen molar-refractivity contribution < 1.29 is 14.7 Å². The molecule has 1 N–H and O–H groups in total. The number of carboxylic acid groups (broad SMARTS) is 1. The lowest BCUT2D eigenvalue weighted by Crippen LogP contribution is -2.36. The van der Waals surface area contributed by atoms with Crippen molar-refractivity contribution in [2.24, 2.45) is 0 Å². The van der Waals surface area contributed by atoms with E-state index in [4.69, 9.17) is 0 Å². The third kappa shape index (κ3) is 3.72. The standard InChI is InChI=1S/C18H24N2O3/c21-17(19-9-2-1-3-10-19)15-7-4-6-14(12-15)13-20-11-5-8-16(20)18(22)23/h4,6-7,12,16H,1-3,5,8-11,13H2,(H,22,23)/t16-/m0/s1. The molecule has 1 aromatic rings. The van der Waals surface area contributed by atoms with Crippen LogP contribution in [0.2, 0.25) is 0 Å². The van der Waals surface area contributed by atoms with Crippen molar-refractivity contribution in [2.75, 3.05) is 19.6 Å². The van der Waals surface area contributed by atoms with Gasteiger partial charge in [-0.3, -0.25) is 14.5 Å². The average Bonchev–Trinajstić information content (AvgIpc) is 3.03. The molecule has 0 spiro atoms. The number of carbonyl (C=O) groups excluding carboxylic acids is 1. The molecule has 0 saturated carbocycles. The first-order chi connectivity index (χ1) is 11.1. The van der Waals surface area contributed by atoms with Gasteiger partial charge in [0.05, 0.1) is 0 Å². The first-order valence-corrected chi connectivity index (χ1v) is 8.50. The lowest BCUT2D eigenvalue weighted by Gasteiger charge is -2.27. The predicted molar refractivity (Wildman–Crippen MR) is 87.3 cm³/mol. The summed E-state index contributed by atoms with van der Waals surface area (Å²) in [7, 11) is 0. The van der Waals surface area contributed by atoms with Crippen molar-refractivity contribution in [3.8, 4) is 0 Å². The molecule has 0 aromatic heterocycles. The molecule has 0 aliphatic carbocycles. The van der Waals surface area contributed by atoms with Crippen molar-refractivity contribution in [2.45, 2.75) is 44.7 Å². The van der Waals surface area contributed by atoms with Gasteiger partial charge in [-0.2, -0.15) is 0 Å². The molecule has 0 unspecified atom stereocenters. The van der Waals surface area contributed by atoms with Crippen molar-refractivity contribution in [1.82, 2.24) is 9.80 Å². The molecule has 1 atom stereocenters. The highest BCUT2D eigenvalue weighted by atomic mass is 16.4. The largest absolute Gasteiger partial charge is 0.480 e. The number of carbonyl (C=O) groups is 2. The second-order valence-electron chi connectivity index (χ2n) is 6.52. The normalized spacial score (nSPS) is 22.3. The number of hydrogen-bond donors (Lipinski definition) is 1. The Morgan fingerprint density at radius 2 is 1.87 bits per heavy atom.